The summed E-state index contributed by atoms with van der Waals surface area (Å²) in [6.45, 7) is 7.90. The van der Waals surface area contributed by atoms with Gasteiger partial charge in [0, 0.05) is 29.0 Å². The average molecular weight is 328 g/mol. The van der Waals surface area contributed by atoms with Gasteiger partial charge in [-0.25, -0.2) is 9.78 Å². The van der Waals surface area contributed by atoms with Crippen molar-refractivity contribution in [2.45, 2.75) is 31.9 Å². The van der Waals surface area contributed by atoms with Gasteiger partial charge in [0.25, 0.3) is 5.91 Å². The minimum absolute atomic E-state index is 0.0971. The number of thioether (sulfide) groups is 1. The number of carbonyl (C=O) groups is 2. The number of aromatic nitrogens is 1. The van der Waals surface area contributed by atoms with E-state index < -0.39 is 5.97 Å². The lowest BCUT2D eigenvalue weighted by Crippen LogP contribution is -2.33. The van der Waals surface area contributed by atoms with Crippen molar-refractivity contribution < 1.29 is 14.3 Å². The maximum absolute atomic E-state index is 12.5. The second-order valence-electron chi connectivity index (χ2n) is 5.41. The summed E-state index contributed by atoms with van der Waals surface area (Å²) in [6.07, 6.45) is 0.957. The van der Waals surface area contributed by atoms with E-state index in [1.807, 2.05) is 16.7 Å². The van der Waals surface area contributed by atoms with Gasteiger partial charge in [-0.15, -0.1) is 11.3 Å². The van der Waals surface area contributed by atoms with Crippen LogP contribution in [-0.2, 0) is 4.74 Å². The number of hydrogen-bond acceptors (Lipinski definition) is 6. The highest BCUT2D eigenvalue weighted by Gasteiger charge is 2.27. The Balaban J connectivity index is 2.04. The third-order valence-electron chi connectivity index (χ3n) is 3.30. The van der Waals surface area contributed by atoms with Crippen LogP contribution in [0.15, 0.2) is 5.38 Å². The molecule has 1 aliphatic rings. The molecule has 0 spiro atoms. The molecule has 7 heteroatoms. The Kier molecular flexibility index (Phi) is 5.27. The van der Waals surface area contributed by atoms with E-state index in [-0.39, 0.29) is 15.7 Å². The average Bonchev–Trinajstić information content (AvgIpc) is 2.84. The van der Waals surface area contributed by atoms with E-state index in [1.54, 1.807) is 12.3 Å². The van der Waals surface area contributed by atoms with Gasteiger partial charge in [0.15, 0.2) is 0 Å². The van der Waals surface area contributed by atoms with E-state index in [2.05, 4.69) is 18.8 Å². The van der Waals surface area contributed by atoms with Crippen molar-refractivity contribution in [3.8, 4) is 0 Å². The van der Waals surface area contributed by atoms with Crippen LogP contribution in [0.4, 0.5) is 0 Å². The maximum Gasteiger partial charge on any atom is 0.367 e. The van der Waals surface area contributed by atoms with Crippen LogP contribution >= 0.6 is 23.1 Å². The van der Waals surface area contributed by atoms with Crippen LogP contribution in [0.1, 0.15) is 47.5 Å². The first-order valence-electron chi connectivity index (χ1n) is 6.99. The number of amides is 1. The molecule has 0 radical (unpaired) electrons. The highest BCUT2D eigenvalue weighted by Crippen LogP contribution is 2.31. The first-order chi connectivity index (χ1) is 9.93. The molecule has 0 saturated carbocycles. The molecular formula is C14H20N2O3S2. The van der Waals surface area contributed by atoms with Gasteiger partial charge in [-0.05, 0) is 13.3 Å². The predicted octanol–water partition coefficient (Wildman–Crippen LogP) is 2.68. The minimum Gasteiger partial charge on any atom is -0.461 e. The molecule has 1 fully saturated rings. The molecule has 0 unspecified atom stereocenters. The molecule has 1 amide bonds. The summed E-state index contributed by atoms with van der Waals surface area (Å²) < 4.78 is 5.10. The zero-order chi connectivity index (χ0) is 15.5. The number of carbonyl (C=O) groups excluding carboxylic acids is 2. The maximum atomic E-state index is 12.5. The van der Waals surface area contributed by atoms with Gasteiger partial charge in [-0.2, -0.15) is 11.8 Å². The zero-order valence-electron chi connectivity index (χ0n) is 12.5. The monoisotopic (exact) mass is 328 g/mol. The summed E-state index contributed by atoms with van der Waals surface area (Å²) in [7, 11) is 0. The van der Waals surface area contributed by atoms with Crippen LogP contribution in [0.2, 0.25) is 0 Å². The van der Waals surface area contributed by atoms with Crippen LogP contribution in [0.3, 0.4) is 0 Å². The number of esters is 1. The molecule has 0 bridgehead atoms. The summed E-state index contributed by atoms with van der Waals surface area (Å²) in [5, 5.41) is 1.88. The lowest BCUT2D eigenvalue weighted by Gasteiger charge is -2.22. The molecule has 1 saturated heterocycles. The minimum atomic E-state index is -0.464. The lowest BCUT2D eigenvalue weighted by molar-refractivity contribution is 0.0526. The van der Waals surface area contributed by atoms with Crippen molar-refractivity contribution in [1.82, 2.24) is 9.88 Å². The third kappa shape index (κ3) is 4.20. The van der Waals surface area contributed by atoms with Gasteiger partial charge in [0.05, 0.1) is 6.61 Å². The van der Waals surface area contributed by atoms with Crippen molar-refractivity contribution in [2.24, 2.45) is 0 Å². The van der Waals surface area contributed by atoms with Crippen molar-refractivity contribution >= 4 is 35.0 Å². The van der Waals surface area contributed by atoms with Gasteiger partial charge in [0.2, 0.25) is 5.01 Å². The number of ether oxygens (including phenoxy) is 1. The molecule has 2 heterocycles. The highest BCUT2D eigenvalue weighted by atomic mass is 32.2. The van der Waals surface area contributed by atoms with E-state index in [0.717, 1.165) is 36.6 Å². The first kappa shape index (κ1) is 16.3. The molecule has 0 atom stereocenters. The molecule has 116 valence electrons. The molecule has 1 aliphatic heterocycles. The summed E-state index contributed by atoms with van der Waals surface area (Å²) in [4.78, 5) is 30.0. The van der Waals surface area contributed by atoms with Gasteiger partial charge in [-0.3, -0.25) is 4.79 Å². The van der Waals surface area contributed by atoms with Gasteiger partial charge in [-0.1, -0.05) is 13.8 Å². The van der Waals surface area contributed by atoms with Gasteiger partial charge < -0.3 is 9.64 Å². The highest BCUT2D eigenvalue weighted by molar-refractivity contribution is 8.00. The lowest BCUT2D eigenvalue weighted by atomic mass is 10.1. The first-order valence-corrected chi connectivity index (χ1v) is 8.85. The Morgan fingerprint density at radius 1 is 1.43 bits per heavy atom. The van der Waals surface area contributed by atoms with Crippen LogP contribution in [-0.4, -0.2) is 52.0 Å². The fraction of sp³-hybridized carbons (Fsp3) is 0.643. The number of thiazole rings is 1. The van der Waals surface area contributed by atoms with Crippen LogP contribution in [0.25, 0.3) is 0 Å². The smallest absolute Gasteiger partial charge is 0.367 e. The van der Waals surface area contributed by atoms with E-state index in [0.29, 0.717) is 12.3 Å². The Morgan fingerprint density at radius 2 is 2.19 bits per heavy atom. The normalized spacial score (nSPS) is 18.1. The molecule has 2 rings (SSSR count). The van der Waals surface area contributed by atoms with Gasteiger partial charge in [0.1, 0.15) is 5.69 Å². The largest absolute Gasteiger partial charge is 0.461 e. The second-order valence-corrected chi connectivity index (χ2v) is 8.07. The quantitative estimate of drug-likeness (QED) is 0.798. The molecule has 1 aromatic heterocycles. The van der Waals surface area contributed by atoms with Crippen LogP contribution in [0, 0.1) is 0 Å². The van der Waals surface area contributed by atoms with Crippen molar-refractivity contribution in [1.29, 1.82) is 0 Å². The zero-order valence-corrected chi connectivity index (χ0v) is 14.2. The molecule has 0 aliphatic carbocycles. The molecule has 0 N–H and O–H groups in total. The standard InChI is InChI=1S/C14H20N2O3S2/c1-4-19-13(18)11-15-10(9-20-11)12(17)16-6-5-14(2,3)21-8-7-16/h9H,4-8H2,1-3H3. The molecular weight excluding hydrogens is 308 g/mol. The van der Waals surface area contributed by atoms with Crippen molar-refractivity contribution in [3.63, 3.8) is 0 Å². The van der Waals surface area contributed by atoms with E-state index in [1.165, 1.54) is 0 Å². The number of nitrogens with zero attached hydrogens (tertiary/aromatic N) is 2. The number of hydrogen-bond donors (Lipinski definition) is 0. The van der Waals surface area contributed by atoms with Gasteiger partial charge >= 0.3 is 5.97 Å². The Bertz CT molecular complexity index is 528. The molecule has 1 aromatic rings. The third-order valence-corrected chi connectivity index (χ3v) is 5.49. The SMILES string of the molecule is CCOC(=O)c1nc(C(=O)N2CCSC(C)(C)CC2)cs1. The predicted molar refractivity (Wildman–Crippen MR) is 85.1 cm³/mol. The molecule has 0 aromatic carbocycles. The fourth-order valence-electron chi connectivity index (χ4n) is 2.04. The van der Waals surface area contributed by atoms with Crippen LogP contribution < -0.4 is 0 Å². The van der Waals surface area contributed by atoms with Crippen molar-refractivity contribution in [2.75, 3.05) is 25.4 Å². The van der Waals surface area contributed by atoms with E-state index >= 15 is 0 Å². The summed E-state index contributed by atoms with van der Waals surface area (Å²) in [6, 6.07) is 0. The van der Waals surface area contributed by atoms with Crippen molar-refractivity contribution in [3.05, 3.63) is 16.1 Å². The summed E-state index contributed by atoms with van der Waals surface area (Å²) in [5.41, 5.74) is 0.341. The summed E-state index contributed by atoms with van der Waals surface area (Å²) in [5.74, 6) is 0.363. The van der Waals surface area contributed by atoms with Crippen LogP contribution in [0.5, 0.6) is 0 Å². The second kappa shape index (κ2) is 6.79. The topological polar surface area (TPSA) is 59.5 Å². The summed E-state index contributed by atoms with van der Waals surface area (Å²) >= 11 is 3.05. The number of rotatable bonds is 3. The molecule has 5 nitrogen and oxygen atoms in total. The Morgan fingerprint density at radius 3 is 2.90 bits per heavy atom. The Labute approximate surface area is 133 Å². The molecule has 21 heavy (non-hydrogen) atoms. The van der Waals surface area contributed by atoms with E-state index in [4.69, 9.17) is 4.74 Å². The fourth-order valence-corrected chi connectivity index (χ4v) is 3.83. The Hall–Kier alpha value is -1.08. The van der Waals surface area contributed by atoms with E-state index in [9.17, 15) is 9.59 Å².